The Balaban J connectivity index is 0.863. The Hall–Kier alpha value is -8.91. The van der Waals surface area contributed by atoms with Crippen LogP contribution in [-0.4, -0.2) is 171 Å². The van der Waals surface area contributed by atoms with Gasteiger partial charge in [-0.1, -0.05) is 117 Å². The predicted octanol–water partition coefficient (Wildman–Crippen LogP) is 9.58. The molecule has 2 aromatic heterocycles. The summed E-state index contributed by atoms with van der Waals surface area (Å²) in [4.78, 5) is 134. The van der Waals surface area contributed by atoms with Gasteiger partial charge in [-0.15, -0.1) is 0 Å². The van der Waals surface area contributed by atoms with Crippen LogP contribution in [0.3, 0.4) is 0 Å². The fraction of sp³-hybridized carbons (Fsp3) is 0.465. The van der Waals surface area contributed by atoms with E-state index < -0.39 is 97.7 Å². The number of esters is 2. The molecule has 25 nitrogen and oxygen atoms in total. The number of aromatic nitrogens is 4. The number of nitrogens with one attached hydrogen (secondary N) is 5. The number of ether oxygens (including phenoxy) is 5. The Morgan fingerprint density at radius 3 is 1.94 bits per heavy atom. The van der Waals surface area contributed by atoms with Crippen LogP contribution < -0.4 is 41.2 Å². The molecule has 1 fully saturated rings. The number of hydrogen-bond acceptors (Lipinski definition) is 20. The molecule has 1 aliphatic heterocycles. The number of H-pyrrole nitrogens is 1. The molecule has 0 spiro atoms. The maximum absolute atomic E-state index is 14.4. The van der Waals surface area contributed by atoms with Crippen LogP contribution >= 0.6 is 21.6 Å². The summed E-state index contributed by atoms with van der Waals surface area (Å²) in [6.07, 6.45) is -2.33. The van der Waals surface area contributed by atoms with Gasteiger partial charge in [0, 0.05) is 61.0 Å². The second-order valence-corrected chi connectivity index (χ2v) is 33.4. The highest BCUT2D eigenvalue weighted by molar-refractivity contribution is 8.76. The van der Waals surface area contributed by atoms with Crippen LogP contribution in [0.25, 0.3) is 11.2 Å². The molecule has 0 aliphatic carbocycles. The number of alkyl halides is 3. The van der Waals surface area contributed by atoms with Gasteiger partial charge in [0.15, 0.2) is 19.5 Å². The Kier molecular flexibility index (Phi) is 29.0. The number of unbranched alkanes of at least 4 members (excludes halogenated alkanes) is 2. The lowest BCUT2D eigenvalue weighted by molar-refractivity contribution is -0.170. The van der Waals surface area contributed by atoms with Gasteiger partial charge in [-0.3, -0.25) is 48.8 Å². The molecule has 7 rings (SSSR count). The summed E-state index contributed by atoms with van der Waals surface area (Å²) in [5, 5.41) is 10.3. The van der Waals surface area contributed by atoms with E-state index in [0.29, 0.717) is 67.3 Å². The van der Waals surface area contributed by atoms with Crippen LogP contribution in [0.5, 0.6) is 11.5 Å². The number of nitrogens with zero attached hydrogens (tertiary/aromatic N) is 5. The average Bonchev–Trinajstić information content (AvgIpc) is 0.939. The zero-order valence-electron chi connectivity index (χ0n) is 59.0. The standard InChI is InChI=1S/C71H89F3N10O15S2Si/c1-44(2)62(88)81-68-80-61-60(64(90)82-68)77-49(39-76-61)40-84(67(93)71(72,73)74)50-27-21-45(22-28-50)63(89)79-55(65(91)96-8)33-34-58(86)78-56(66(92)97-9)43-101-100-37-35-57(85)75-36-17-13-16-20-59(87)83-41-54(99-102(10,11)69(3,4)5)38-51(83)42-98-70(46-18-14-12-15-19-46,47-23-29-52(94-6)30-24-47)48-25-31-53(95-7)32-26-48/h12,14-15,18-19,21-32,39,44,51,54-56H,13,16-17,20,33-38,40-43H2,1-11H3,(H,75,85)(H,78,86)(H,79,89)(H2,76,80,81,82,88,90)/t51-,54+,55-,56+/m0/s1. The van der Waals surface area contributed by atoms with Crippen LogP contribution in [0.15, 0.2) is 114 Å². The van der Waals surface area contributed by atoms with Gasteiger partial charge in [-0.25, -0.2) is 19.6 Å². The fourth-order valence-electron chi connectivity index (χ4n) is 10.9. The summed E-state index contributed by atoms with van der Waals surface area (Å²) < 4.78 is 77.1. The van der Waals surface area contributed by atoms with E-state index in [1.165, 1.54) is 21.6 Å². The third-order valence-corrected chi connectivity index (χ3v) is 24.5. The molecule has 1 saturated heterocycles. The van der Waals surface area contributed by atoms with Crippen molar-refractivity contribution in [2.75, 3.05) is 69.9 Å². The van der Waals surface area contributed by atoms with E-state index in [4.69, 9.17) is 28.1 Å². The van der Waals surface area contributed by atoms with E-state index >= 15 is 0 Å². The summed E-state index contributed by atoms with van der Waals surface area (Å²) in [6.45, 7) is 14.4. The van der Waals surface area contributed by atoms with Gasteiger partial charge in [-0.05, 0) is 109 Å². The molecule has 3 heterocycles. The van der Waals surface area contributed by atoms with E-state index in [1.807, 2.05) is 83.8 Å². The lowest BCUT2D eigenvalue weighted by Gasteiger charge is -2.38. The van der Waals surface area contributed by atoms with Gasteiger partial charge >= 0.3 is 24.0 Å². The van der Waals surface area contributed by atoms with Crippen molar-refractivity contribution >= 4 is 100 Å². The Labute approximate surface area is 599 Å². The maximum Gasteiger partial charge on any atom is 0.471 e. The molecule has 6 amide bonds. The van der Waals surface area contributed by atoms with Crippen LogP contribution in [0.4, 0.5) is 24.8 Å². The molecule has 0 bridgehead atoms. The number of amides is 6. The summed E-state index contributed by atoms with van der Waals surface area (Å²) in [5.41, 5.74) is -0.696. The Morgan fingerprint density at radius 1 is 0.735 bits per heavy atom. The minimum Gasteiger partial charge on any atom is -0.497 e. The topological polar surface area (TPSA) is 318 Å². The SMILES string of the molecule is COC(=O)[C@H](CCC(=O)N[C@H](CSSCCC(=O)NCCCCCC(=O)N1C[C@H](O[Si](C)(C)C(C)(C)C)C[C@H]1COC(c1ccccc1)(c1ccc(OC)cc1)c1ccc(OC)cc1)C(=O)OC)NC(=O)c1ccc(N(Cc2cnc3nc(NC(=O)C(C)C)[nH]c(=O)c3n2)C(=O)C(F)(F)F)cc1. The van der Waals surface area contributed by atoms with E-state index in [2.05, 4.69) is 75.1 Å². The summed E-state index contributed by atoms with van der Waals surface area (Å²) in [5.74, 6) is -5.17. The summed E-state index contributed by atoms with van der Waals surface area (Å²) in [6, 6.07) is 27.1. The zero-order valence-corrected chi connectivity index (χ0v) is 61.6. The highest BCUT2D eigenvalue weighted by Gasteiger charge is 2.47. The number of rotatable bonds is 35. The zero-order chi connectivity index (χ0) is 74.5. The minimum atomic E-state index is -5.39. The molecule has 6 aromatic rings. The first-order valence-electron chi connectivity index (χ1n) is 33.2. The van der Waals surface area contributed by atoms with Crippen molar-refractivity contribution in [3.63, 3.8) is 0 Å². The van der Waals surface area contributed by atoms with Crippen LogP contribution in [0, 0.1) is 5.92 Å². The fourth-order valence-corrected chi connectivity index (χ4v) is 14.4. The smallest absolute Gasteiger partial charge is 0.471 e. The number of benzene rings is 4. The van der Waals surface area contributed by atoms with Crippen molar-refractivity contribution in [2.45, 2.75) is 147 Å². The average molecular weight is 1470 g/mol. The van der Waals surface area contributed by atoms with Gasteiger partial charge < -0.3 is 49.0 Å². The first kappa shape index (κ1) is 80.4. The van der Waals surface area contributed by atoms with Gasteiger partial charge in [0.05, 0.1) is 65.6 Å². The van der Waals surface area contributed by atoms with Crippen LogP contribution in [0.1, 0.15) is 119 Å². The molecule has 102 heavy (non-hydrogen) atoms. The van der Waals surface area contributed by atoms with Crippen molar-refractivity contribution in [1.29, 1.82) is 0 Å². The van der Waals surface area contributed by atoms with E-state index in [1.54, 1.807) is 28.1 Å². The van der Waals surface area contributed by atoms with Crippen LogP contribution in [-0.2, 0) is 64.3 Å². The van der Waals surface area contributed by atoms with Crippen LogP contribution in [0.2, 0.25) is 18.1 Å². The number of aromatic amines is 1. The molecule has 0 unspecified atom stereocenters. The van der Waals surface area contributed by atoms with Gasteiger partial charge in [0.2, 0.25) is 29.6 Å². The third kappa shape index (κ3) is 21.8. The van der Waals surface area contributed by atoms with E-state index in [-0.39, 0.29) is 82.7 Å². The monoisotopic (exact) mass is 1470 g/mol. The highest BCUT2D eigenvalue weighted by Crippen LogP contribution is 2.44. The van der Waals surface area contributed by atoms with Crippen molar-refractivity contribution < 1.29 is 79.6 Å². The molecule has 5 N–H and O–H groups in total. The number of anilines is 2. The molecule has 31 heteroatoms. The summed E-state index contributed by atoms with van der Waals surface area (Å²) >= 11 is 0. The number of likely N-dealkylation sites (tertiary alicyclic amines) is 1. The number of methoxy groups -OCH3 is 4. The maximum atomic E-state index is 14.4. The molecule has 1 aliphatic rings. The molecule has 0 saturated carbocycles. The lowest BCUT2D eigenvalue weighted by atomic mass is 9.80. The number of fused-ring (bicyclic) bond motifs is 1. The quantitative estimate of drug-likeness (QED) is 0.00812. The lowest BCUT2D eigenvalue weighted by Crippen LogP contribution is -2.45. The summed E-state index contributed by atoms with van der Waals surface area (Å²) in [7, 11) is 5.71. The number of hydrogen-bond donors (Lipinski definition) is 5. The first-order valence-corrected chi connectivity index (χ1v) is 38.6. The normalized spacial score (nSPS) is 14.7. The van der Waals surface area contributed by atoms with Crippen molar-refractivity contribution in [2.24, 2.45) is 5.92 Å². The minimum absolute atomic E-state index is 0.000392. The predicted molar refractivity (Wildman–Crippen MR) is 383 cm³/mol. The van der Waals surface area contributed by atoms with Gasteiger partial charge in [-0.2, -0.15) is 18.2 Å². The van der Waals surface area contributed by atoms with Gasteiger partial charge in [0.25, 0.3) is 11.5 Å². The van der Waals surface area contributed by atoms with Gasteiger partial charge in [0.1, 0.15) is 29.2 Å². The molecular weight excluding hydrogens is 1380 g/mol. The molecule has 4 aromatic carbocycles. The Bertz CT molecular complexity index is 3880. The number of halogens is 3. The first-order chi connectivity index (χ1) is 48.4. The Morgan fingerprint density at radius 2 is 1.35 bits per heavy atom. The highest BCUT2D eigenvalue weighted by atomic mass is 33.1. The number of carbonyl (C=O) groups is 8. The third-order valence-electron chi connectivity index (χ3n) is 17.5. The van der Waals surface area contributed by atoms with Crippen molar-refractivity contribution in [3.8, 4) is 11.5 Å². The molecule has 0 radical (unpaired) electrons. The number of carbonyl (C=O) groups excluding carboxylic acids is 8. The molecule has 4 atom stereocenters. The molecular formula is C71H89F3N10O15S2Si. The van der Waals surface area contributed by atoms with Crippen molar-refractivity contribution in [3.05, 3.63) is 148 Å². The second kappa shape index (κ2) is 36.8. The second-order valence-electron chi connectivity index (χ2n) is 26.0. The van der Waals surface area contributed by atoms with E-state index in [0.717, 1.165) is 61.4 Å². The molecule has 550 valence electrons. The van der Waals surface area contributed by atoms with E-state index in [9.17, 15) is 56.3 Å². The largest absolute Gasteiger partial charge is 0.497 e. The van der Waals surface area contributed by atoms with Crippen molar-refractivity contribution in [1.82, 2.24) is 40.8 Å².